The third-order valence-electron chi connectivity index (χ3n) is 6.43. The molecule has 3 atom stereocenters. The summed E-state index contributed by atoms with van der Waals surface area (Å²) in [6.07, 6.45) is 1.81. The molecule has 0 spiro atoms. The lowest BCUT2D eigenvalue weighted by molar-refractivity contribution is -0.385. The lowest BCUT2D eigenvalue weighted by Gasteiger charge is -2.30. The summed E-state index contributed by atoms with van der Waals surface area (Å²) < 4.78 is 0.750. The molecule has 1 saturated heterocycles. The van der Waals surface area contributed by atoms with Crippen molar-refractivity contribution in [2.24, 2.45) is 17.8 Å². The van der Waals surface area contributed by atoms with Crippen LogP contribution >= 0.6 is 15.9 Å². The summed E-state index contributed by atoms with van der Waals surface area (Å²) in [5.41, 5.74) is -0.507. The number of para-hydroxylation sites is 1. The summed E-state index contributed by atoms with van der Waals surface area (Å²) in [7, 11) is 0. The van der Waals surface area contributed by atoms with Gasteiger partial charge in [0, 0.05) is 16.1 Å². The number of nitrogens with zero attached hydrogens (tertiary/aromatic N) is 3. The number of imide groups is 1. The van der Waals surface area contributed by atoms with E-state index in [-0.39, 0.29) is 17.0 Å². The molecule has 9 nitrogen and oxygen atoms in total. The number of hydrogen-bond acceptors (Lipinski definition) is 6. The van der Waals surface area contributed by atoms with Gasteiger partial charge < -0.3 is 0 Å². The van der Waals surface area contributed by atoms with E-state index in [0.717, 1.165) is 27.0 Å². The molecule has 2 fully saturated rings. The molecule has 34 heavy (non-hydrogen) atoms. The van der Waals surface area contributed by atoms with Gasteiger partial charge in [0.15, 0.2) is 5.78 Å². The number of hydrogen-bond donors (Lipinski definition) is 0. The van der Waals surface area contributed by atoms with Gasteiger partial charge in [-0.25, -0.2) is 5.01 Å². The monoisotopic (exact) mass is 527 g/mol. The van der Waals surface area contributed by atoms with Gasteiger partial charge >= 0.3 is 0 Å². The molecule has 0 bridgehead atoms. The number of Topliss-reactive ketones (excluding diaryl/α,β-unsaturated/α-hetero) is 1. The fourth-order valence-corrected chi connectivity index (χ4v) is 4.92. The largest absolute Gasteiger partial charge is 0.292 e. The van der Waals surface area contributed by atoms with Gasteiger partial charge in [-0.2, -0.15) is 5.01 Å². The second-order valence-corrected chi connectivity index (χ2v) is 9.60. The number of amides is 3. The normalized spacial score (nSPS) is 21.8. The lowest BCUT2D eigenvalue weighted by atomic mass is 9.76. The van der Waals surface area contributed by atoms with Crippen LogP contribution in [0.15, 0.2) is 53.0 Å². The minimum absolute atomic E-state index is 0.252. The Morgan fingerprint density at radius 1 is 1.06 bits per heavy atom. The minimum Gasteiger partial charge on any atom is -0.292 e. The maximum absolute atomic E-state index is 13.6. The van der Waals surface area contributed by atoms with E-state index < -0.39 is 52.5 Å². The fraction of sp³-hybridized carbons (Fsp3) is 0.333. The summed E-state index contributed by atoms with van der Waals surface area (Å²) in [6, 6.07) is 11.7. The van der Waals surface area contributed by atoms with Crippen LogP contribution in [-0.4, -0.2) is 45.0 Å². The van der Waals surface area contributed by atoms with Crippen LogP contribution in [0.5, 0.6) is 0 Å². The molecule has 2 aromatic rings. The second kappa shape index (κ2) is 9.46. The maximum atomic E-state index is 13.6. The Morgan fingerprint density at radius 3 is 2.38 bits per heavy atom. The first-order valence-electron chi connectivity index (χ1n) is 10.9. The zero-order valence-electron chi connectivity index (χ0n) is 18.3. The van der Waals surface area contributed by atoms with E-state index in [9.17, 15) is 29.3 Å². The molecule has 3 amide bonds. The predicted molar refractivity (Wildman–Crippen MR) is 124 cm³/mol. The molecule has 10 heteroatoms. The summed E-state index contributed by atoms with van der Waals surface area (Å²) in [5.74, 6) is -3.43. The molecule has 1 aliphatic heterocycles. The van der Waals surface area contributed by atoms with Crippen molar-refractivity contribution in [2.75, 3.05) is 6.54 Å². The summed E-state index contributed by atoms with van der Waals surface area (Å²) >= 11 is 3.29. The molecule has 0 unspecified atom stereocenters. The van der Waals surface area contributed by atoms with Crippen LogP contribution in [-0.2, 0) is 9.59 Å². The highest BCUT2D eigenvalue weighted by atomic mass is 79.9. The number of halogens is 1. The standard InChI is InChI=1S/C24H22BrN3O6/c1-14-6-11-17-19(12-14)24(32)27(23(17)31)26(13-21(29)15-7-9-16(25)10-8-15)22(30)18-4-2-3-5-20(18)28(33)34/h2-5,7-10,14,17,19H,6,11-13H2,1H3/t14-,17+,19+/m1/s1. The molecule has 0 N–H and O–H groups in total. The highest BCUT2D eigenvalue weighted by Crippen LogP contribution is 2.41. The summed E-state index contributed by atoms with van der Waals surface area (Å²) in [5, 5.41) is 13.1. The molecule has 1 heterocycles. The van der Waals surface area contributed by atoms with Crippen LogP contribution in [0.1, 0.15) is 46.9 Å². The average molecular weight is 528 g/mol. The highest BCUT2D eigenvalue weighted by molar-refractivity contribution is 9.10. The third kappa shape index (κ3) is 4.37. The molecular weight excluding hydrogens is 506 g/mol. The first-order chi connectivity index (χ1) is 16.2. The van der Waals surface area contributed by atoms with Crippen molar-refractivity contribution in [3.8, 4) is 0 Å². The van der Waals surface area contributed by atoms with Crippen LogP contribution in [0.3, 0.4) is 0 Å². The second-order valence-electron chi connectivity index (χ2n) is 8.69. The van der Waals surface area contributed by atoms with Gasteiger partial charge in [-0.15, -0.1) is 0 Å². The van der Waals surface area contributed by atoms with Crippen LogP contribution in [0.4, 0.5) is 5.69 Å². The number of fused-ring (bicyclic) bond motifs is 1. The SMILES string of the molecule is C[C@@H]1CC[C@@H]2C(=O)N(N(CC(=O)c3ccc(Br)cc3)C(=O)c3ccccc3[N+](=O)[O-])C(=O)[C@H]2C1. The van der Waals surface area contributed by atoms with Gasteiger partial charge in [-0.1, -0.05) is 47.1 Å². The van der Waals surface area contributed by atoms with Crippen LogP contribution in [0.25, 0.3) is 0 Å². The molecule has 4 rings (SSSR count). The molecule has 0 aromatic heterocycles. The van der Waals surface area contributed by atoms with Crippen molar-refractivity contribution < 1.29 is 24.1 Å². The van der Waals surface area contributed by atoms with E-state index in [1.807, 2.05) is 6.92 Å². The van der Waals surface area contributed by atoms with E-state index in [1.54, 1.807) is 24.3 Å². The van der Waals surface area contributed by atoms with Gasteiger partial charge in [-0.3, -0.25) is 29.3 Å². The van der Waals surface area contributed by atoms with Gasteiger partial charge in [0.2, 0.25) is 0 Å². The topological polar surface area (TPSA) is 118 Å². The molecule has 2 aliphatic rings. The van der Waals surface area contributed by atoms with Gasteiger partial charge in [0.1, 0.15) is 12.1 Å². The van der Waals surface area contributed by atoms with Crippen molar-refractivity contribution in [3.05, 3.63) is 74.2 Å². The number of carbonyl (C=O) groups excluding carboxylic acids is 4. The molecule has 176 valence electrons. The van der Waals surface area contributed by atoms with E-state index in [1.165, 1.54) is 18.2 Å². The number of ketones is 1. The Kier molecular flexibility index (Phi) is 6.60. The number of nitro groups is 1. The Bertz CT molecular complexity index is 1180. The Hall–Kier alpha value is -3.40. The van der Waals surface area contributed by atoms with Crippen LogP contribution in [0.2, 0.25) is 0 Å². The van der Waals surface area contributed by atoms with E-state index in [4.69, 9.17) is 0 Å². The Morgan fingerprint density at radius 2 is 1.71 bits per heavy atom. The highest BCUT2D eigenvalue weighted by Gasteiger charge is 2.53. The quantitative estimate of drug-likeness (QED) is 0.242. The minimum atomic E-state index is -0.953. The predicted octanol–water partition coefficient (Wildman–Crippen LogP) is 4.02. The number of hydrazine groups is 1. The van der Waals surface area contributed by atoms with E-state index in [2.05, 4.69) is 15.9 Å². The average Bonchev–Trinajstić information content (AvgIpc) is 3.06. The van der Waals surface area contributed by atoms with Crippen LogP contribution in [0, 0.1) is 27.9 Å². The smallest absolute Gasteiger partial charge is 0.282 e. The Labute approximate surface area is 204 Å². The lowest BCUT2D eigenvalue weighted by Crippen LogP contribution is -2.52. The van der Waals surface area contributed by atoms with Crippen molar-refractivity contribution in [1.29, 1.82) is 0 Å². The van der Waals surface area contributed by atoms with Gasteiger partial charge in [0.25, 0.3) is 23.4 Å². The molecule has 1 saturated carbocycles. The third-order valence-corrected chi connectivity index (χ3v) is 6.96. The van der Waals surface area contributed by atoms with Crippen molar-refractivity contribution in [3.63, 3.8) is 0 Å². The van der Waals surface area contributed by atoms with E-state index in [0.29, 0.717) is 12.8 Å². The van der Waals surface area contributed by atoms with Gasteiger partial charge in [-0.05, 0) is 43.4 Å². The number of nitro benzene ring substituents is 1. The maximum Gasteiger partial charge on any atom is 0.282 e. The molecular formula is C24H22BrN3O6. The molecule has 2 aromatic carbocycles. The first kappa shape index (κ1) is 23.7. The number of carbonyl (C=O) groups is 4. The fourth-order valence-electron chi connectivity index (χ4n) is 4.66. The van der Waals surface area contributed by atoms with Crippen LogP contribution < -0.4 is 0 Å². The molecule has 0 radical (unpaired) electrons. The van der Waals surface area contributed by atoms with Crippen molar-refractivity contribution in [2.45, 2.75) is 26.2 Å². The zero-order valence-corrected chi connectivity index (χ0v) is 19.9. The van der Waals surface area contributed by atoms with Crippen molar-refractivity contribution in [1.82, 2.24) is 10.0 Å². The number of benzene rings is 2. The zero-order chi connectivity index (χ0) is 24.6. The Balaban J connectivity index is 1.74. The van der Waals surface area contributed by atoms with E-state index >= 15 is 0 Å². The summed E-state index contributed by atoms with van der Waals surface area (Å²) in [4.78, 5) is 64.0. The number of rotatable bonds is 6. The first-order valence-corrected chi connectivity index (χ1v) is 11.7. The summed E-state index contributed by atoms with van der Waals surface area (Å²) in [6.45, 7) is 1.39. The van der Waals surface area contributed by atoms with Gasteiger partial charge in [0.05, 0.1) is 16.8 Å². The molecule has 1 aliphatic carbocycles. The van der Waals surface area contributed by atoms with Crippen molar-refractivity contribution >= 4 is 45.1 Å².